The lowest BCUT2D eigenvalue weighted by atomic mass is 10.1. The van der Waals surface area contributed by atoms with Crippen LogP contribution in [0.1, 0.15) is 20.3 Å². The van der Waals surface area contributed by atoms with Gasteiger partial charge in [-0.25, -0.2) is 0 Å². The molecule has 0 fully saturated rings. The molecule has 0 aliphatic rings. The summed E-state index contributed by atoms with van der Waals surface area (Å²) in [6.07, 6.45) is 4.57. The fourth-order valence-electron chi connectivity index (χ4n) is 0.620. The Morgan fingerprint density at radius 1 is 1.42 bits per heavy atom. The summed E-state index contributed by atoms with van der Waals surface area (Å²) in [6.45, 7) is 3.43. The van der Waals surface area contributed by atoms with Crippen LogP contribution in [0.25, 0.3) is 0 Å². The number of primary amides is 1. The molecule has 0 bridgehead atoms. The first kappa shape index (κ1) is 10.6. The molecule has 0 aromatic carbocycles. The summed E-state index contributed by atoms with van der Waals surface area (Å²) in [5.41, 5.74) is 6.36. The maximum absolute atomic E-state index is 10.6. The van der Waals surface area contributed by atoms with Crippen LogP contribution in [0.4, 0.5) is 0 Å². The van der Waals surface area contributed by atoms with E-state index >= 15 is 0 Å². The van der Waals surface area contributed by atoms with E-state index in [1.807, 2.05) is 0 Å². The molecule has 12 heavy (non-hydrogen) atoms. The molecule has 0 rings (SSSR count). The summed E-state index contributed by atoms with van der Waals surface area (Å²) >= 11 is 0. The lowest BCUT2D eigenvalue weighted by Crippen LogP contribution is -2.12. The van der Waals surface area contributed by atoms with Gasteiger partial charge in [0, 0.05) is 12.0 Å². The van der Waals surface area contributed by atoms with E-state index < -0.39 is 5.91 Å². The van der Waals surface area contributed by atoms with E-state index in [1.165, 1.54) is 0 Å². The molecule has 0 aromatic heterocycles. The Bertz CT molecular complexity index is 239. The van der Waals surface area contributed by atoms with Crippen LogP contribution in [0, 0.1) is 0 Å². The minimum atomic E-state index is -0.428. The van der Waals surface area contributed by atoms with Gasteiger partial charge in [-0.15, -0.1) is 0 Å². The van der Waals surface area contributed by atoms with Gasteiger partial charge < -0.3 is 10.5 Å². The summed E-state index contributed by atoms with van der Waals surface area (Å²) in [5.74, 6) is -0.428. The van der Waals surface area contributed by atoms with Crippen LogP contribution in [0.2, 0.25) is 0 Å². The highest BCUT2D eigenvalue weighted by Crippen LogP contribution is 2.03. The summed E-state index contributed by atoms with van der Waals surface area (Å²) in [5, 5.41) is 0. The highest BCUT2D eigenvalue weighted by molar-refractivity contribution is 5.92. The maximum atomic E-state index is 10.6. The Balaban J connectivity index is 4.35. The average molecular weight is 167 g/mol. The zero-order valence-corrected chi connectivity index (χ0v) is 7.33. The summed E-state index contributed by atoms with van der Waals surface area (Å²) in [4.78, 5) is 20.6. The second kappa shape index (κ2) is 5.29. The highest BCUT2D eigenvalue weighted by atomic mass is 16.1. The quantitative estimate of drug-likeness (QED) is 0.385. The van der Waals surface area contributed by atoms with Crippen molar-refractivity contribution in [3.05, 3.63) is 23.3 Å². The van der Waals surface area contributed by atoms with Gasteiger partial charge in [0.25, 0.3) is 0 Å². The molecule has 3 heteroatoms. The van der Waals surface area contributed by atoms with Crippen molar-refractivity contribution in [2.24, 2.45) is 5.73 Å². The number of hydrogen-bond donors (Lipinski definition) is 1. The Labute approximate surface area is 71.9 Å². The van der Waals surface area contributed by atoms with Gasteiger partial charge in [0.15, 0.2) is 0 Å². The SMILES string of the molecule is CC(/C=C/CC=O)=C(/C)C(N)=O. The van der Waals surface area contributed by atoms with Gasteiger partial charge in [0.05, 0.1) is 0 Å². The fraction of sp³-hybridized carbons (Fsp3) is 0.333. The predicted octanol–water partition coefficient (Wildman–Crippen LogP) is 0.953. The average Bonchev–Trinajstić information content (AvgIpc) is 2.03. The fourth-order valence-corrected chi connectivity index (χ4v) is 0.620. The molecule has 0 saturated heterocycles. The van der Waals surface area contributed by atoms with Gasteiger partial charge in [-0.3, -0.25) is 4.79 Å². The summed E-state index contributed by atoms with van der Waals surface area (Å²) < 4.78 is 0. The minimum Gasteiger partial charge on any atom is -0.366 e. The molecule has 0 saturated carbocycles. The van der Waals surface area contributed by atoms with Crippen molar-refractivity contribution < 1.29 is 9.59 Å². The Kier molecular flexibility index (Phi) is 4.69. The van der Waals surface area contributed by atoms with Gasteiger partial charge in [-0.05, 0) is 19.4 Å². The van der Waals surface area contributed by atoms with Crippen LogP contribution >= 0.6 is 0 Å². The molecule has 2 N–H and O–H groups in total. The number of amides is 1. The molecule has 0 aromatic rings. The van der Waals surface area contributed by atoms with E-state index in [0.29, 0.717) is 12.0 Å². The lowest BCUT2D eigenvalue weighted by molar-refractivity contribution is -0.114. The van der Waals surface area contributed by atoms with Gasteiger partial charge in [0.1, 0.15) is 6.29 Å². The van der Waals surface area contributed by atoms with Crippen molar-refractivity contribution in [2.45, 2.75) is 20.3 Å². The van der Waals surface area contributed by atoms with E-state index in [4.69, 9.17) is 5.73 Å². The standard InChI is InChI=1S/C9H13NO2/c1-7(5-3-4-6-11)8(2)9(10)12/h3,5-6H,4H2,1-2H3,(H2,10,12)/b5-3+,8-7+. The van der Waals surface area contributed by atoms with E-state index in [-0.39, 0.29) is 0 Å². The van der Waals surface area contributed by atoms with Crippen molar-refractivity contribution in [3.63, 3.8) is 0 Å². The molecular formula is C9H13NO2. The topological polar surface area (TPSA) is 60.2 Å². The van der Waals surface area contributed by atoms with Crippen LogP contribution in [-0.2, 0) is 9.59 Å². The van der Waals surface area contributed by atoms with Crippen molar-refractivity contribution in [2.75, 3.05) is 0 Å². The summed E-state index contributed by atoms with van der Waals surface area (Å²) in [7, 11) is 0. The third kappa shape index (κ3) is 3.71. The first-order valence-electron chi connectivity index (χ1n) is 3.67. The molecule has 0 aliphatic heterocycles. The van der Waals surface area contributed by atoms with Gasteiger partial charge in [-0.1, -0.05) is 12.2 Å². The molecule has 0 aliphatic carbocycles. The molecule has 66 valence electrons. The molecular weight excluding hydrogens is 154 g/mol. The largest absolute Gasteiger partial charge is 0.366 e. The Morgan fingerprint density at radius 3 is 2.42 bits per heavy atom. The zero-order valence-electron chi connectivity index (χ0n) is 7.33. The minimum absolute atomic E-state index is 0.364. The van der Waals surface area contributed by atoms with Crippen molar-refractivity contribution >= 4 is 12.2 Å². The smallest absolute Gasteiger partial charge is 0.244 e. The van der Waals surface area contributed by atoms with Crippen molar-refractivity contribution in [1.82, 2.24) is 0 Å². The predicted molar refractivity (Wildman–Crippen MR) is 47.4 cm³/mol. The van der Waals surface area contributed by atoms with Crippen molar-refractivity contribution in [1.29, 1.82) is 0 Å². The Morgan fingerprint density at radius 2 is 2.00 bits per heavy atom. The molecule has 0 heterocycles. The van der Waals surface area contributed by atoms with E-state index in [1.54, 1.807) is 26.0 Å². The first-order valence-corrected chi connectivity index (χ1v) is 3.67. The molecule has 0 radical (unpaired) electrons. The normalized spacial score (nSPS) is 12.8. The molecule has 3 nitrogen and oxygen atoms in total. The van der Waals surface area contributed by atoms with Crippen LogP contribution < -0.4 is 5.73 Å². The third-order valence-electron chi connectivity index (χ3n) is 1.56. The van der Waals surface area contributed by atoms with Crippen LogP contribution in [-0.4, -0.2) is 12.2 Å². The Hall–Kier alpha value is -1.38. The van der Waals surface area contributed by atoms with Gasteiger partial charge >= 0.3 is 0 Å². The number of aldehydes is 1. The zero-order chi connectivity index (χ0) is 9.56. The third-order valence-corrected chi connectivity index (χ3v) is 1.56. The number of allylic oxidation sites excluding steroid dienone is 3. The van der Waals surface area contributed by atoms with E-state index in [9.17, 15) is 9.59 Å². The number of carbonyl (C=O) groups excluding carboxylic acids is 2. The van der Waals surface area contributed by atoms with Gasteiger partial charge in [0.2, 0.25) is 5.91 Å². The van der Waals surface area contributed by atoms with Crippen molar-refractivity contribution in [3.8, 4) is 0 Å². The first-order chi connectivity index (χ1) is 5.59. The molecule has 0 spiro atoms. The monoisotopic (exact) mass is 167 g/mol. The second-order valence-electron chi connectivity index (χ2n) is 2.48. The highest BCUT2D eigenvalue weighted by Gasteiger charge is 1.98. The molecule has 0 atom stereocenters. The van der Waals surface area contributed by atoms with E-state index in [0.717, 1.165) is 11.9 Å². The molecule has 1 amide bonds. The van der Waals surface area contributed by atoms with Crippen LogP contribution in [0.3, 0.4) is 0 Å². The van der Waals surface area contributed by atoms with Crippen LogP contribution in [0.5, 0.6) is 0 Å². The molecule has 0 unspecified atom stereocenters. The summed E-state index contributed by atoms with van der Waals surface area (Å²) in [6, 6.07) is 0. The van der Waals surface area contributed by atoms with Gasteiger partial charge in [-0.2, -0.15) is 0 Å². The number of rotatable bonds is 4. The number of nitrogens with two attached hydrogens (primary N) is 1. The lowest BCUT2D eigenvalue weighted by Gasteiger charge is -1.96. The maximum Gasteiger partial charge on any atom is 0.244 e. The van der Waals surface area contributed by atoms with Crippen LogP contribution in [0.15, 0.2) is 23.3 Å². The number of carbonyl (C=O) groups is 2. The second-order valence-corrected chi connectivity index (χ2v) is 2.48. The number of hydrogen-bond acceptors (Lipinski definition) is 2. The van der Waals surface area contributed by atoms with E-state index in [2.05, 4.69) is 0 Å².